The lowest BCUT2D eigenvalue weighted by atomic mass is 10.1. The van der Waals surface area contributed by atoms with Crippen molar-refractivity contribution >= 4 is 10.0 Å². The second-order valence-electron chi connectivity index (χ2n) is 4.35. The molecule has 0 amide bonds. The van der Waals surface area contributed by atoms with Crippen molar-refractivity contribution in [2.24, 2.45) is 0 Å². The molecule has 0 aliphatic rings. The van der Waals surface area contributed by atoms with Crippen LogP contribution in [-0.2, 0) is 10.0 Å². The number of rotatable bonds is 4. The predicted octanol–water partition coefficient (Wildman–Crippen LogP) is 3.00. The van der Waals surface area contributed by atoms with Gasteiger partial charge in [0.2, 0.25) is 10.0 Å². The van der Waals surface area contributed by atoms with Crippen molar-refractivity contribution < 1.29 is 17.2 Å². The van der Waals surface area contributed by atoms with Gasteiger partial charge in [-0.1, -0.05) is 12.1 Å². The van der Waals surface area contributed by atoms with Gasteiger partial charge in [-0.2, -0.15) is 0 Å². The third-order valence-corrected chi connectivity index (χ3v) is 4.38. The Labute approximate surface area is 116 Å². The van der Waals surface area contributed by atoms with Crippen molar-refractivity contribution in [3.05, 3.63) is 65.7 Å². The Morgan fingerprint density at radius 1 is 0.900 bits per heavy atom. The minimum Gasteiger partial charge on any atom is -0.207 e. The van der Waals surface area contributed by atoms with Crippen molar-refractivity contribution in [3.63, 3.8) is 0 Å². The number of nitrogens with one attached hydrogen (secondary N) is 1. The highest BCUT2D eigenvalue weighted by Gasteiger charge is 2.18. The lowest BCUT2D eigenvalue weighted by Gasteiger charge is -2.14. The molecule has 0 spiro atoms. The molecule has 0 bridgehead atoms. The second kappa shape index (κ2) is 5.68. The maximum atomic E-state index is 12.8. The molecule has 0 aromatic heterocycles. The van der Waals surface area contributed by atoms with Gasteiger partial charge < -0.3 is 0 Å². The summed E-state index contributed by atoms with van der Waals surface area (Å²) in [5.74, 6) is -0.891. The standard InChI is InChI=1S/C14H13F2NO2S/c1-10(11-2-4-12(15)5-3-11)17-20(18,19)14-8-6-13(16)7-9-14/h2-10,17H,1H3/t10-/m0/s1. The summed E-state index contributed by atoms with van der Waals surface area (Å²) >= 11 is 0. The van der Waals surface area contributed by atoms with Crippen LogP contribution in [0.1, 0.15) is 18.5 Å². The first-order chi connectivity index (χ1) is 9.38. The number of sulfonamides is 1. The van der Waals surface area contributed by atoms with E-state index in [0.717, 1.165) is 12.1 Å². The van der Waals surface area contributed by atoms with E-state index in [9.17, 15) is 17.2 Å². The Kier molecular flexibility index (Phi) is 4.15. The first-order valence-corrected chi connectivity index (χ1v) is 7.40. The van der Waals surface area contributed by atoms with Crippen LogP contribution in [0.3, 0.4) is 0 Å². The summed E-state index contributed by atoms with van der Waals surface area (Å²) in [4.78, 5) is -0.0205. The topological polar surface area (TPSA) is 46.2 Å². The molecular weight excluding hydrogens is 284 g/mol. The van der Waals surface area contributed by atoms with E-state index >= 15 is 0 Å². The zero-order chi connectivity index (χ0) is 14.8. The third kappa shape index (κ3) is 3.40. The molecule has 0 aliphatic carbocycles. The van der Waals surface area contributed by atoms with E-state index < -0.39 is 21.9 Å². The molecule has 0 radical (unpaired) electrons. The van der Waals surface area contributed by atoms with Gasteiger partial charge in [-0.15, -0.1) is 0 Å². The normalized spacial score (nSPS) is 13.2. The Hall–Kier alpha value is -1.79. The highest BCUT2D eigenvalue weighted by Crippen LogP contribution is 2.17. The van der Waals surface area contributed by atoms with Gasteiger partial charge in [0.25, 0.3) is 0 Å². The van der Waals surface area contributed by atoms with Crippen LogP contribution in [-0.4, -0.2) is 8.42 Å². The van der Waals surface area contributed by atoms with Crippen molar-refractivity contribution in [2.75, 3.05) is 0 Å². The van der Waals surface area contributed by atoms with Crippen LogP contribution in [0.5, 0.6) is 0 Å². The van der Waals surface area contributed by atoms with Gasteiger partial charge in [0.05, 0.1) is 4.90 Å². The predicted molar refractivity (Wildman–Crippen MR) is 71.5 cm³/mol. The van der Waals surface area contributed by atoms with Crippen LogP contribution < -0.4 is 4.72 Å². The fraction of sp³-hybridized carbons (Fsp3) is 0.143. The quantitative estimate of drug-likeness (QED) is 0.943. The monoisotopic (exact) mass is 297 g/mol. The van der Waals surface area contributed by atoms with E-state index in [1.54, 1.807) is 6.92 Å². The van der Waals surface area contributed by atoms with Gasteiger partial charge in [0, 0.05) is 6.04 Å². The van der Waals surface area contributed by atoms with Crippen molar-refractivity contribution in [3.8, 4) is 0 Å². The fourth-order valence-corrected chi connectivity index (χ4v) is 2.97. The van der Waals surface area contributed by atoms with E-state index in [4.69, 9.17) is 0 Å². The first kappa shape index (κ1) is 14.6. The van der Waals surface area contributed by atoms with E-state index in [0.29, 0.717) is 5.56 Å². The lowest BCUT2D eigenvalue weighted by molar-refractivity contribution is 0.565. The molecule has 2 rings (SSSR count). The molecule has 2 aromatic carbocycles. The number of hydrogen-bond donors (Lipinski definition) is 1. The maximum absolute atomic E-state index is 12.8. The smallest absolute Gasteiger partial charge is 0.207 e. The van der Waals surface area contributed by atoms with Crippen LogP contribution in [0.15, 0.2) is 53.4 Å². The molecule has 0 saturated carbocycles. The Morgan fingerprint density at radius 2 is 1.35 bits per heavy atom. The van der Waals surface area contributed by atoms with Crippen molar-refractivity contribution in [1.82, 2.24) is 4.72 Å². The molecule has 1 N–H and O–H groups in total. The highest BCUT2D eigenvalue weighted by molar-refractivity contribution is 7.89. The van der Waals surface area contributed by atoms with E-state index in [-0.39, 0.29) is 10.7 Å². The van der Waals surface area contributed by atoms with Crippen LogP contribution in [0.25, 0.3) is 0 Å². The van der Waals surface area contributed by atoms with Gasteiger partial charge in [-0.3, -0.25) is 0 Å². The number of halogens is 2. The maximum Gasteiger partial charge on any atom is 0.241 e. The Balaban J connectivity index is 2.19. The third-order valence-electron chi connectivity index (χ3n) is 2.83. The summed E-state index contributed by atoms with van der Waals surface area (Å²) in [6.07, 6.45) is 0. The van der Waals surface area contributed by atoms with Crippen LogP contribution in [0.4, 0.5) is 8.78 Å². The molecule has 3 nitrogen and oxygen atoms in total. The zero-order valence-electron chi connectivity index (χ0n) is 10.7. The van der Waals surface area contributed by atoms with Gasteiger partial charge in [0.1, 0.15) is 11.6 Å². The van der Waals surface area contributed by atoms with Gasteiger partial charge in [0.15, 0.2) is 0 Å². The summed E-state index contributed by atoms with van der Waals surface area (Å²) in [6, 6.07) is 9.56. The Bertz CT molecular complexity index is 682. The molecule has 106 valence electrons. The average molecular weight is 297 g/mol. The summed E-state index contributed by atoms with van der Waals surface area (Å²) in [6.45, 7) is 1.65. The number of hydrogen-bond acceptors (Lipinski definition) is 2. The molecule has 6 heteroatoms. The van der Waals surface area contributed by atoms with E-state index in [1.807, 2.05) is 0 Å². The molecule has 0 fully saturated rings. The summed E-state index contributed by atoms with van der Waals surface area (Å²) < 4.78 is 52.2. The van der Waals surface area contributed by atoms with Gasteiger partial charge in [-0.05, 0) is 48.9 Å². The average Bonchev–Trinajstić information content (AvgIpc) is 2.39. The molecule has 2 aromatic rings. The molecule has 1 atom stereocenters. The SMILES string of the molecule is C[C@H](NS(=O)(=O)c1ccc(F)cc1)c1ccc(F)cc1. The summed E-state index contributed by atoms with van der Waals surface area (Å²) in [5.41, 5.74) is 0.636. The molecule has 0 saturated heterocycles. The summed E-state index contributed by atoms with van der Waals surface area (Å²) in [7, 11) is -3.74. The van der Waals surface area contributed by atoms with Crippen LogP contribution in [0.2, 0.25) is 0 Å². The summed E-state index contributed by atoms with van der Waals surface area (Å²) in [5, 5.41) is 0. The second-order valence-corrected chi connectivity index (χ2v) is 6.06. The minimum atomic E-state index is -3.74. The van der Waals surface area contributed by atoms with Crippen molar-refractivity contribution in [1.29, 1.82) is 0 Å². The lowest BCUT2D eigenvalue weighted by Crippen LogP contribution is -2.26. The molecular formula is C14H13F2NO2S. The van der Waals surface area contributed by atoms with Crippen LogP contribution in [0, 0.1) is 11.6 Å². The number of benzene rings is 2. The molecule has 0 aliphatic heterocycles. The largest absolute Gasteiger partial charge is 0.241 e. The fourth-order valence-electron chi connectivity index (χ4n) is 1.73. The molecule has 20 heavy (non-hydrogen) atoms. The molecule has 0 heterocycles. The van der Waals surface area contributed by atoms with Crippen LogP contribution >= 0.6 is 0 Å². The van der Waals surface area contributed by atoms with Crippen molar-refractivity contribution in [2.45, 2.75) is 17.9 Å². The highest BCUT2D eigenvalue weighted by atomic mass is 32.2. The van der Waals surface area contributed by atoms with Gasteiger partial charge in [-0.25, -0.2) is 21.9 Å². The molecule has 0 unspecified atom stereocenters. The van der Waals surface area contributed by atoms with Gasteiger partial charge >= 0.3 is 0 Å². The Morgan fingerprint density at radius 3 is 1.85 bits per heavy atom. The minimum absolute atomic E-state index is 0.0205. The first-order valence-electron chi connectivity index (χ1n) is 5.92. The van der Waals surface area contributed by atoms with E-state index in [2.05, 4.69) is 4.72 Å². The van der Waals surface area contributed by atoms with E-state index in [1.165, 1.54) is 36.4 Å². The zero-order valence-corrected chi connectivity index (χ0v) is 11.5.